The van der Waals surface area contributed by atoms with Crippen molar-refractivity contribution in [2.24, 2.45) is 0 Å². The van der Waals surface area contributed by atoms with E-state index in [9.17, 15) is 9.59 Å². The second-order valence-electron chi connectivity index (χ2n) is 4.79. The number of halogens is 1. The first-order valence-corrected chi connectivity index (χ1v) is 7.38. The maximum absolute atomic E-state index is 12.4. The molecule has 0 atom stereocenters. The first-order chi connectivity index (χ1) is 11.6. The number of carbonyl (C=O) groups excluding carboxylic acids is 2. The molecular formula is C17H12ClN3O3. The van der Waals surface area contributed by atoms with Crippen molar-refractivity contribution in [3.8, 4) is 0 Å². The number of carbonyl (C=O) groups is 2. The van der Waals surface area contributed by atoms with E-state index in [-0.39, 0.29) is 5.76 Å². The molecule has 3 rings (SSSR count). The maximum Gasteiger partial charge on any atom is 0.291 e. The molecule has 7 heteroatoms. The van der Waals surface area contributed by atoms with Gasteiger partial charge in [-0.25, -0.2) is 4.98 Å². The number of nitrogens with zero attached hydrogens (tertiary/aromatic N) is 1. The maximum atomic E-state index is 12.4. The van der Waals surface area contributed by atoms with Crippen LogP contribution in [0.25, 0.3) is 0 Å². The summed E-state index contributed by atoms with van der Waals surface area (Å²) in [7, 11) is 0. The van der Waals surface area contributed by atoms with E-state index >= 15 is 0 Å². The van der Waals surface area contributed by atoms with Crippen LogP contribution in [-0.4, -0.2) is 16.8 Å². The van der Waals surface area contributed by atoms with Crippen LogP contribution >= 0.6 is 11.6 Å². The minimum Gasteiger partial charge on any atom is -0.459 e. The van der Waals surface area contributed by atoms with Crippen LogP contribution in [0.4, 0.5) is 11.5 Å². The molecule has 3 aromatic rings. The molecule has 0 spiro atoms. The smallest absolute Gasteiger partial charge is 0.291 e. The predicted octanol–water partition coefficient (Wildman–Crippen LogP) is 3.83. The van der Waals surface area contributed by atoms with Crippen LogP contribution < -0.4 is 10.6 Å². The van der Waals surface area contributed by atoms with Gasteiger partial charge in [0, 0.05) is 6.20 Å². The lowest BCUT2D eigenvalue weighted by Crippen LogP contribution is -2.18. The predicted molar refractivity (Wildman–Crippen MR) is 90.3 cm³/mol. The number of para-hydroxylation sites is 1. The fourth-order valence-corrected chi connectivity index (χ4v) is 2.13. The molecule has 0 aliphatic heterocycles. The summed E-state index contributed by atoms with van der Waals surface area (Å²) in [6.45, 7) is 0. The number of amides is 2. The van der Waals surface area contributed by atoms with Gasteiger partial charge in [0.25, 0.3) is 11.8 Å². The van der Waals surface area contributed by atoms with E-state index in [1.807, 2.05) is 0 Å². The van der Waals surface area contributed by atoms with Crippen molar-refractivity contribution in [1.82, 2.24) is 4.98 Å². The molecule has 0 unspecified atom stereocenters. The Kier molecular flexibility index (Phi) is 4.58. The monoisotopic (exact) mass is 341 g/mol. The number of furan rings is 1. The van der Waals surface area contributed by atoms with Gasteiger partial charge in [-0.05, 0) is 36.4 Å². The molecule has 2 amide bonds. The number of anilines is 2. The molecule has 2 heterocycles. The average molecular weight is 342 g/mol. The van der Waals surface area contributed by atoms with Crippen molar-refractivity contribution in [1.29, 1.82) is 0 Å². The number of hydrogen-bond acceptors (Lipinski definition) is 4. The van der Waals surface area contributed by atoms with Gasteiger partial charge in [-0.3, -0.25) is 9.59 Å². The minimum absolute atomic E-state index is 0.157. The van der Waals surface area contributed by atoms with Gasteiger partial charge in [-0.15, -0.1) is 0 Å². The summed E-state index contributed by atoms with van der Waals surface area (Å²) >= 11 is 5.77. The number of rotatable bonds is 4. The van der Waals surface area contributed by atoms with Gasteiger partial charge in [-0.1, -0.05) is 23.7 Å². The molecule has 0 saturated heterocycles. The van der Waals surface area contributed by atoms with Crippen LogP contribution in [0.2, 0.25) is 5.02 Å². The topological polar surface area (TPSA) is 84.2 Å². The summed E-state index contributed by atoms with van der Waals surface area (Å²) in [4.78, 5) is 28.5. The number of nitrogens with one attached hydrogen (secondary N) is 2. The molecule has 24 heavy (non-hydrogen) atoms. The Morgan fingerprint density at radius 2 is 1.79 bits per heavy atom. The molecule has 1 aromatic carbocycles. The van der Waals surface area contributed by atoms with Crippen molar-refractivity contribution >= 4 is 34.9 Å². The first-order valence-electron chi connectivity index (χ1n) is 7.00. The summed E-state index contributed by atoms with van der Waals surface area (Å²) in [5.74, 6) is -0.328. The highest BCUT2D eigenvalue weighted by molar-refractivity contribution is 6.30. The van der Waals surface area contributed by atoms with Crippen molar-refractivity contribution in [3.63, 3.8) is 0 Å². The Bertz CT molecular complexity index is 861. The lowest BCUT2D eigenvalue weighted by molar-refractivity contribution is 0.0996. The Morgan fingerprint density at radius 3 is 2.50 bits per heavy atom. The zero-order valence-electron chi connectivity index (χ0n) is 12.3. The molecule has 0 saturated carbocycles. The van der Waals surface area contributed by atoms with E-state index < -0.39 is 11.8 Å². The Hall–Kier alpha value is -3.12. The number of benzene rings is 1. The van der Waals surface area contributed by atoms with Crippen molar-refractivity contribution in [3.05, 3.63) is 77.3 Å². The molecule has 0 aliphatic carbocycles. The molecular weight excluding hydrogens is 330 g/mol. The van der Waals surface area contributed by atoms with Crippen LogP contribution in [0, 0.1) is 0 Å². The molecule has 0 fully saturated rings. The number of aromatic nitrogens is 1. The molecule has 0 bridgehead atoms. The van der Waals surface area contributed by atoms with Crippen LogP contribution in [0.3, 0.4) is 0 Å². The van der Waals surface area contributed by atoms with Gasteiger partial charge >= 0.3 is 0 Å². The van der Waals surface area contributed by atoms with Crippen LogP contribution in [-0.2, 0) is 0 Å². The largest absolute Gasteiger partial charge is 0.459 e. The zero-order chi connectivity index (χ0) is 16.9. The quantitative estimate of drug-likeness (QED) is 0.755. The Morgan fingerprint density at radius 1 is 0.958 bits per heavy atom. The van der Waals surface area contributed by atoms with Crippen molar-refractivity contribution < 1.29 is 14.0 Å². The SMILES string of the molecule is O=C(Nc1ccccc1C(=O)Nc1ccc(Cl)cn1)c1ccco1. The van der Waals surface area contributed by atoms with Gasteiger partial charge in [0.05, 0.1) is 22.5 Å². The number of pyridine rings is 1. The van der Waals surface area contributed by atoms with E-state index in [1.54, 1.807) is 42.5 Å². The highest BCUT2D eigenvalue weighted by atomic mass is 35.5. The number of hydrogen-bond donors (Lipinski definition) is 2. The zero-order valence-corrected chi connectivity index (χ0v) is 13.1. The van der Waals surface area contributed by atoms with Gasteiger partial charge in [-0.2, -0.15) is 0 Å². The van der Waals surface area contributed by atoms with Crippen molar-refractivity contribution in [2.45, 2.75) is 0 Å². The Balaban J connectivity index is 1.79. The van der Waals surface area contributed by atoms with Gasteiger partial charge in [0.15, 0.2) is 5.76 Å². The van der Waals surface area contributed by atoms with E-state index in [4.69, 9.17) is 16.0 Å². The lowest BCUT2D eigenvalue weighted by Gasteiger charge is -2.10. The minimum atomic E-state index is -0.440. The van der Waals surface area contributed by atoms with E-state index in [0.717, 1.165) is 0 Å². The Labute approximate surface area is 142 Å². The summed E-state index contributed by atoms with van der Waals surface area (Å²) in [5.41, 5.74) is 0.666. The molecule has 2 aromatic heterocycles. The molecule has 6 nitrogen and oxygen atoms in total. The summed E-state index contributed by atoms with van der Waals surface area (Å²) in [6.07, 6.45) is 2.83. The van der Waals surface area contributed by atoms with Gasteiger partial charge < -0.3 is 15.1 Å². The third-order valence-electron chi connectivity index (χ3n) is 3.13. The molecule has 0 radical (unpaired) electrons. The highest BCUT2D eigenvalue weighted by Crippen LogP contribution is 2.18. The molecule has 120 valence electrons. The fraction of sp³-hybridized carbons (Fsp3) is 0. The standard InChI is InChI=1S/C17H12ClN3O3/c18-11-7-8-15(19-10-11)21-16(22)12-4-1-2-5-13(12)20-17(23)14-6-3-9-24-14/h1-10H,(H,20,23)(H,19,21,22). The van der Waals surface area contributed by atoms with Crippen LogP contribution in [0.5, 0.6) is 0 Å². The van der Waals surface area contributed by atoms with Crippen molar-refractivity contribution in [2.75, 3.05) is 10.6 Å². The highest BCUT2D eigenvalue weighted by Gasteiger charge is 2.15. The fourth-order valence-electron chi connectivity index (χ4n) is 2.02. The van der Waals surface area contributed by atoms with E-state index in [1.165, 1.54) is 18.5 Å². The van der Waals surface area contributed by atoms with E-state index in [0.29, 0.717) is 22.1 Å². The second kappa shape index (κ2) is 6.97. The normalized spacial score (nSPS) is 10.2. The summed E-state index contributed by atoms with van der Waals surface area (Å²) < 4.78 is 5.04. The first kappa shape index (κ1) is 15.8. The molecule has 0 aliphatic rings. The third kappa shape index (κ3) is 3.61. The van der Waals surface area contributed by atoms with E-state index in [2.05, 4.69) is 15.6 Å². The van der Waals surface area contributed by atoms with Crippen LogP contribution in [0.15, 0.2) is 65.4 Å². The second-order valence-corrected chi connectivity index (χ2v) is 5.23. The van der Waals surface area contributed by atoms with Gasteiger partial charge in [0.1, 0.15) is 5.82 Å². The molecule has 2 N–H and O–H groups in total. The summed E-state index contributed by atoms with van der Waals surface area (Å²) in [5, 5.41) is 5.78. The lowest BCUT2D eigenvalue weighted by atomic mass is 10.1. The van der Waals surface area contributed by atoms with Gasteiger partial charge in [0.2, 0.25) is 0 Å². The third-order valence-corrected chi connectivity index (χ3v) is 3.36. The van der Waals surface area contributed by atoms with Crippen LogP contribution in [0.1, 0.15) is 20.9 Å². The summed E-state index contributed by atoms with van der Waals surface area (Å²) in [6, 6.07) is 13.0. The average Bonchev–Trinajstić information content (AvgIpc) is 3.12.